The summed E-state index contributed by atoms with van der Waals surface area (Å²) < 4.78 is 35.7. The van der Waals surface area contributed by atoms with Gasteiger partial charge in [-0.2, -0.15) is 13.2 Å². The van der Waals surface area contributed by atoms with Crippen molar-refractivity contribution in [2.75, 3.05) is 12.3 Å². The van der Waals surface area contributed by atoms with E-state index in [9.17, 15) is 28.1 Å². The smallest absolute Gasteiger partial charge is 0.390 e. The third-order valence-corrected chi connectivity index (χ3v) is 2.19. The van der Waals surface area contributed by atoms with Crippen molar-refractivity contribution < 1.29 is 22.9 Å². The number of amides is 1. The molecule has 0 aromatic heterocycles. The first-order chi connectivity index (χ1) is 8.72. The average molecular weight is 277 g/mol. The van der Waals surface area contributed by atoms with Gasteiger partial charge in [-0.05, 0) is 12.1 Å². The molecule has 1 amide bonds. The highest BCUT2D eigenvalue weighted by molar-refractivity contribution is 6.00. The number of hydrogen-bond donors (Lipinski definition) is 2. The molecule has 0 unspecified atom stereocenters. The molecule has 6 nitrogen and oxygen atoms in total. The highest BCUT2D eigenvalue weighted by Gasteiger charge is 2.28. The van der Waals surface area contributed by atoms with Crippen LogP contribution in [0.2, 0.25) is 0 Å². The molecular weight excluding hydrogens is 267 g/mol. The Bertz CT molecular complexity index is 503. The Morgan fingerprint density at radius 2 is 2.05 bits per heavy atom. The first kappa shape index (κ1) is 14.7. The lowest BCUT2D eigenvalue weighted by molar-refractivity contribution is -0.384. The van der Waals surface area contributed by atoms with Crippen molar-refractivity contribution >= 4 is 17.3 Å². The van der Waals surface area contributed by atoms with Gasteiger partial charge in [0, 0.05) is 6.54 Å². The van der Waals surface area contributed by atoms with Crippen molar-refractivity contribution in [1.29, 1.82) is 0 Å². The Morgan fingerprint density at radius 3 is 2.58 bits per heavy atom. The average Bonchev–Trinajstić information content (AvgIpc) is 2.26. The molecule has 0 saturated carbocycles. The summed E-state index contributed by atoms with van der Waals surface area (Å²) in [5.41, 5.74) is 4.14. The Balaban J connectivity index is 2.83. The molecule has 3 N–H and O–H groups in total. The molecule has 1 rings (SSSR count). The van der Waals surface area contributed by atoms with Gasteiger partial charge >= 0.3 is 11.9 Å². The molecule has 104 valence electrons. The number of para-hydroxylation sites is 1. The second-order valence-corrected chi connectivity index (χ2v) is 3.62. The number of nitrogen functional groups attached to an aromatic ring is 1. The van der Waals surface area contributed by atoms with Gasteiger partial charge in [0.2, 0.25) is 0 Å². The lowest BCUT2D eigenvalue weighted by Crippen LogP contribution is -2.28. The van der Waals surface area contributed by atoms with E-state index in [2.05, 4.69) is 0 Å². The van der Waals surface area contributed by atoms with E-state index in [0.29, 0.717) is 0 Å². The van der Waals surface area contributed by atoms with Crippen molar-refractivity contribution in [3.05, 3.63) is 33.9 Å². The van der Waals surface area contributed by atoms with E-state index in [4.69, 9.17) is 5.73 Å². The van der Waals surface area contributed by atoms with Gasteiger partial charge in [-0.25, -0.2) is 0 Å². The maximum atomic E-state index is 11.9. The number of nitrogens with zero attached hydrogens (tertiary/aromatic N) is 1. The predicted octanol–water partition coefficient (Wildman–Crippen LogP) is 1.86. The molecule has 0 saturated heterocycles. The third-order valence-electron chi connectivity index (χ3n) is 2.19. The van der Waals surface area contributed by atoms with Crippen molar-refractivity contribution in [2.24, 2.45) is 0 Å². The number of carbonyl (C=O) groups is 1. The van der Waals surface area contributed by atoms with Gasteiger partial charge in [-0.1, -0.05) is 6.07 Å². The lowest BCUT2D eigenvalue weighted by Gasteiger charge is -2.08. The molecule has 0 atom stereocenters. The number of anilines is 1. The molecular formula is C10H10F3N3O3. The fourth-order valence-electron chi connectivity index (χ4n) is 1.36. The van der Waals surface area contributed by atoms with E-state index in [1.54, 1.807) is 0 Å². The Kier molecular flexibility index (Phi) is 4.30. The van der Waals surface area contributed by atoms with E-state index in [1.165, 1.54) is 12.1 Å². The van der Waals surface area contributed by atoms with Gasteiger partial charge < -0.3 is 11.1 Å². The number of rotatable bonds is 4. The quantitative estimate of drug-likeness (QED) is 0.498. The van der Waals surface area contributed by atoms with Crippen LogP contribution in [0.15, 0.2) is 18.2 Å². The second kappa shape index (κ2) is 5.55. The van der Waals surface area contributed by atoms with Crippen LogP contribution in [0.1, 0.15) is 16.8 Å². The number of nitrogens with one attached hydrogen (secondary N) is 1. The Morgan fingerprint density at radius 1 is 1.42 bits per heavy atom. The molecule has 0 spiro atoms. The number of alkyl halides is 3. The monoisotopic (exact) mass is 277 g/mol. The standard InChI is InChI=1S/C10H10F3N3O3/c11-10(12,13)4-5-15-9(17)6-2-1-3-7(14)8(6)16(18)19/h1-3H,4-5,14H2,(H,15,17). The summed E-state index contributed by atoms with van der Waals surface area (Å²) in [6, 6.07) is 3.66. The summed E-state index contributed by atoms with van der Waals surface area (Å²) in [6.07, 6.45) is -5.62. The van der Waals surface area contributed by atoms with Crippen LogP contribution in [0.4, 0.5) is 24.5 Å². The number of nitro benzene ring substituents is 1. The van der Waals surface area contributed by atoms with Gasteiger partial charge in [0.05, 0.1) is 11.3 Å². The zero-order chi connectivity index (χ0) is 14.6. The zero-order valence-electron chi connectivity index (χ0n) is 9.53. The van der Waals surface area contributed by atoms with Gasteiger partial charge in [0.1, 0.15) is 11.3 Å². The maximum absolute atomic E-state index is 11.9. The van der Waals surface area contributed by atoms with Crippen LogP contribution < -0.4 is 11.1 Å². The SMILES string of the molecule is Nc1cccc(C(=O)NCCC(F)(F)F)c1[N+](=O)[O-]. The van der Waals surface area contributed by atoms with Crippen molar-refractivity contribution in [3.8, 4) is 0 Å². The first-order valence-electron chi connectivity index (χ1n) is 5.10. The normalized spacial score (nSPS) is 11.1. The molecule has 9 heteroatoms. The minimum atomic E-state index is -4.41. The van der Waals surface area contributed by atoms with Gasteiger partial charge in [-0.15, -0.1) is 0 Å². The fraction of sp³-hybridized carbons (Fsp3) is 0.300. The van der Waals surface area contributed by atoms with Gasteiger partial charge in [0.15, 0.2) is 0 Å². The van der Waals surface area contributed by atoms with E-state index in [-0.39, 0.29) is 11.3 Å². The van der Waals surface area contributed by atoms with Gasteiger partial charge in [-0.3, -0.25) is 14.9 Å². The summed E-state index contributed by atoms with van der Waals surface area (Å²) >= 11 is 0. The number of nitro groups is 1. The Labute approximate surface area is 105 Å². The number of nitrogens with two attached hydrogens (primary N) is 1. The highest BCUT2D eigenvalue weighted by atomic mass is 19.4. The van der Waals surface area contributed by atoms with Crippen LogP contribution in [0.5, 0.6) is 0 Å². The lowest BCUT2D eigenvalue weighted by atomic mass is 10.1. The van der Waals surface area contributed by atoms with Crippen LogP contribution in [-0.4, -0.2) is 23.6 Å². The van der Waals surface area contributed by atoms with Crippen LogP contribution >= 0.6 is 0 Å². The predicted molar refractivity (Wildman–Crippen MR) is 60.5 cm³/mol. The molecule has 0 heterocycles. The zero-order valence-corrected chi connectivity index (χ0v) is 9.53. The largest absolute Gasteiger partial charge is 0.393 e. The molecule has 19 heavy (non-hydrogen) atoms. The fourth-order valence-corrected chi connectivity index (χ4v) is 1.36. The van der Waals surface area contributed by atoms with Crippen LogP contribution in [0.25, 0.3) is 0 Å². The van der Waals surface area contributed by atoms with Crippen molar-refractivity contribution in [1.82, 2.24) is 5.32 Å². The highest BCUT2D eigenvalue weighted by Crippen LogP contribution is 2.25. The summed E-state index contributed by atoms with van der Waals surface area (Å²) in [5.74, 6) is -0.969. The summed E-state index contributed by atoms with van der Waals surface area (Å²) in [4.78, 5) is 21.5. The van der Waals surface area contributed by atoms with Crippen LogP contribution in [0, 0.1) is 10.1 Å². The molecule has 0 radical (unpaired) electrons. The molecule has 0 aliphatic carbocycles. The molecule has 0 bridgehead atoms. The van der Waals surface area contributed by atoms with Crippen molar-refractivity contribution in [2.45, 2.75) is 12.6 Å². The number of carbonyl (C=O) groups excluding carboxylic acids is 1. The molecule has 0 aliphatic rings. The van der Waals surface area contributed by atoms with E-state index < -0.39 is 35.7 Å². The number of hydrogen-bond acceptors (Lipinski definition) is 4. The maximum Gasteiger partial charge on any atom is 0.390 e. The van der Waals surface area contributed by atoms with Gasteiger partial charge in [0.25, 0.3) is 5.91 Å². The number of benzene rings is 1. The molecule has 0 aliphatic heterocycles. The molecule has 0 fully saturated rings. The van der Waals surface area contributed by atoms with Crippen molar-refractivity contribution in [3.63, 3.8) is 0 Å². The first-order valence-corrected chi connectivity index (χ1v) is 5.10. The molecule has 1 aromatic carbocycles. The van der Waals surface area contributed by atoms with E-state index in [1.807, 2.05) is 5.32 Å². The van der Waals surface area contributed by atoms with Crippen LogP contribution in [-0.2, 0) is 0 Å². The minimum Gasteiger partial charge on any atom is -0.393 e. The Hall–Kier alpha value is -2.32. The van der Waals surface area contributed by atoms with Crippen LogP contribution in [0.3, 0.4) is 0 Å². The summed E-state index contributed by atoms with van der Waals surface area (Å²) in [6.45, 7) is -0.658. The minimum absolute atomic E-state index is 0.228. The summed E-state index contributed by atoms with van der Waals surface area (Å²) in [7, 11) is 0. The number of halogens is 3. The second-order valence-electron chi connectivity index (χ2n) is 3.62. The molecule has 1 aromatic rings. The summed E-state index contributed by atoms with van der Waals surface area (Å²) in [5, 5.41) is 12.7. The van der Waals surface area contributed by atoms with E-state index >= 15 is 0 Å². The topological polar surface area (TPSA) is 98.3 Å². The van der Waals surface area contributed by atoms with E-state index in [0.717, 1.165) is 6.07 Å². The third kappa shape index (κ3) is 4.12.